The minimum Gasteiger partial charge on any atom is -0.355 e. The van der Waals surface area contributed by atoms with Gasteiger partial charge in [-0.1, -0.05) is 60.3 Å². The minimum absolute atomic E-state index is 0.101. The number of aliphatic imine (C=N–C) groups is 1. The van der Waals surface area contributed by atoms with Crippen LogP contribution in [0.4, 0.5) is 14.6 Å². The summed E-state index contributed by atoms with van der Waals surface area (Å²) >= 11 is 0. The van der Waals surface area contributed by atoms with Gasteiger partial charge in [-0.2, -0.15) is 0 Å². The molecule has 0 unspecified atom stereocenters. The third kappa shape index (κ3) is 14.9. The molecule has 0 aliphatic heterocycles. The molecule has 198 valence electrons. The highest BCUT2D eigenvalue weighted by atomic mass is 19.3. The first-order valence-electron chi connectivity index (χ1n) is 12.6. The van der Waals surface area contributed by atoms with Crippen LogP contribution >= 0.6 is 0 Å². The summed E-state index contributed by atoms with van der Waals surface area (Å²) in [6.07, 6.45) is 11.6. The van der Waals surface area contributed by atoms with Crippen molar-refractivity contribution >= 4 is 17.4 Å². The number of halogens is 2. The summed E-state index contributed by atoms with van der Waals surface area (Å²) in [7, 11) is 0. The van der Waals surface area contributed by atoms with E-state index in [1.807, 2.05) is 46.8 Å². The summed E-state index contributed by atoms with van der Waals surface area (Å²) in [5, 5.41) is 3.26. The van der Waals surface area contributed by atoms with Crippen molar-refractivity contribution < 1.29 is 13.6 Å². The van der Waals surface area contributed by atoms with Gasteiger partial charge in [0.2, 0.25) is 0 Å². The number of nitrogens with zero attached hydrogens (tertiary/aromatic N) is 3. The lowest BCUT2D eigenvalue weighted by Crippen LogP contribution is -2.35. The number of rotatable bonds is 12. The van der Waals surface area contributed by atoms with E-state index in [9.17, 15) is 13.6 Å². The molecule has 0 aromatic carbocycles. The maximum atomic E-state index is 13.4. The second-order valence-corrected chi connectivity index (χ2v) is 7.42. The Hall–Kier alpha value is -2.83. The summed E-state index contributed by atoms with van der Waals surface area (Å²) < 4.78 is 26.8. The van der Waals surface area contributed by atoms with Crippen molar-refractivity contribution in [3.05, 3.63) is 60.6 Å². The summed E-state index contributed by atoms with van der Waals surface area (Å²) in [6.45, 7) is 20.0. The van der Waals surface area contributed by atoms with E-state index in [1.165, 1.54) is 18.3 Å². The lowest BCUT2D eigenvalue weighted by atomic mass is 10.2. The van der Waals surface area contributed by atoms with Crippen LogP contribution in [0.3, 0.4) is 0 Å². The Bertz CT molecular complexity index is 788. The van der Waals surface area contributed by atoms with Crippen molar-refractivity contribution in [2.45, 2.75) is 87.0 Å². The van der Waals surface area contributed by atoms with E-state index >= 15 is 0 Å². The molecule has 35 heavy (non-hydrogen) atoms. The van der Waals surface area contributed by atoms with Gasteiger partial charge >= 0.3 is 0 Å². The van der Waals surface area contributed by atoms with Crippen LogP contribution in [0.1, 0.15) is 86.6 Å². The number of nitrogens with one attached hydrogen (secondary N) is 1. The Balaban J connectivity index is 0. The molecule has 0 saturated heterocycles. The normalized spacial score (nSPS) is 11.7. The zero-order chi connectivity index (χ0) is 27.3. The predicted molar refractivity (Wildman–Crippen MR) is 147 cm³/mol. The molecule has 1 N–H and O–H groups in total. The van der Waals surface area contributed by atoms with Crippen LogP contribution in [0.5, 0.6) is 0 Å². The molecule has 0 fully saturated rings. The number of carbonyl (C=O) groups excluding carboxylic acids is 1. The van der Waals surface area contributed by atoms with E-state index in [0.717, 1.165) is 50.8 Å². The van der Waals surface area contributed by atoms with Crippen LogP contribution in [0.25, 0.3) is 0 Å². The number of ketones is 1. The molecular formula is C28H46F2N4O. The second-order valence-electron chi connectivity index (χ2n) is 7.42. The predicted octanol–water partition coefficient (Wildman–Crippen LogP) is 8.13. The molecule has 0 radical (unpaired) electrons. The van der Waals surface area contributed by atoms with E-state index in [0.29, 0.717) is 12.2 Å². The molecule has 0 saturated carbocycles. The molecule has 7 heteroatoms. The Morgan fingerprint density at radius 3 is 2.11 bits per heavy atom. The maximum Gasteiger partial charge on any atom is 0.272 e. The average Bonchev–Trinajstić information content (AvgIpc) is 2.85. The molecular weight excluding hydrogens is 446 g/mol. The van der Waals surface area contributed by atoms with Gasteiger partial charge in [-0.25, -0.2) is 18.8 Å². The average molecular weight is 493 g/mol. The van der Waals surface area contributed by atoms with Gasteiger partial charge in [0.1, 0.15) is 5.82 Å². The van der Waals surface area contributed by atoms with Crippen molar-refractivity contribution in [1.82, 2.24) is 9.88 Å². The van der Waals surface area contributed by atoms with Gasteiger partial charge in [-0.05, 0) is 44.4 Å². The van der Waals surface area contributed by atoms with Crippen LogP contribution in [0.15, 0.2) is 60.0 Å². The van der Waals surface area contributed by atoms with Crippen molar-refractivity contribution in [3.63, 3.8) is 0 Å². The van der Waals surface area contributed by atoms with Gasteiger partial charge in [-0.15, -0.1) is 0 Å². The van der Waals surface area contributed by atoms with Crippen LogP contribution in [0.2, 0.25) is 0 Å². The van der Waals surface area contributed by atoms with Gasteiger partial charge in [0.15, 0.2) is 11.6 Å². The zero-order valence-corrected chi connectivity index (χ0v) is 23.0. The molecule has 1 aromatic rings. The highest BCUT2D eigenvalue weighted by Crippen LogP contribution is 2.26. The van der Waals surface area contributed by atoms with Crippen molar-refractivity contribution in [1.29, 1.82) is 0 Å². The number of allylic oxidation sites excluding steroid dienone is 3. The van der Waals surface area contributed by atoms with E-state index in [-0.39, 0.29) is 11.3 Å². The molecule has 0 bridgehead atoms. The first kappa shape index (κ1) is 34.3. The number of aromatic nitrogens is 1. The highest BCUT2D eigenvalue weighted by molar-refractivity contribution is 6.01. The van der Waals surface area contributed by atoms with Crippen molar-refractivity contribution in [2.75, 3.05) is 18.4 Å². The molecule has 5 nitrogen and oxygen atoms in total. The fourth-order valence-corrected chi connectivity index (χ4v) is 2.74. The number of anilines is 1. The summed E-state index contributed by atoms with van der Waals surface area (Å²) in [4.78, 5) is 21.1. The summed E-state index contributed by atoms with van der Waals surface area (Å²) in [5.41, 5.74) is 0.733. The fraction of sp³-hybridized carbons (Fsp3) is 0.536. The molecule has 0 amide bonds. The SMILES string of the molecule is C=CC(=O)CC.CC.C\C=C/N=C(\C(=C\CC)Nc1ccc(C(C)(F)F)cn1)N(CCC)CCC. The number of pyridine rings is 1. The monoisotopic (exact) mass is 492 g/mol. The Morgan fingerprint density at radius 2 is 1.77 bits per heavy atom. The smallest absolute Gasteiger partial charge is 0.272 e. The Kier molecular flexibility index (Phi) is 20.1. The van der Waals surface area contributed by atoms with E-state index in [4.69, 9.17) is 0 Å². The first-order valence-corrected chi connectivity index (χ1v) is 12.6. The Labute approximate surface area is 212 Å². The lowest BCUT2D eigenvalue weighted by Gasteiger charge is -2.27. The molecule has 0 spiro atoms. The quantitative estimate of drug-likeness (QED) is 0.182. The largest absolute Gasteiger partial charge is 0.355 e. The van der Waals surface area contributed by atoms with Gasteiger partial charge in [0, 0.05) is 44.4 Å². The minimum atomic E-state index is -2.90. The van der Waals surface area contributed by atoms with Gasteiger partial charge in [0.25, 0.3) is 5.92 Å². The Morgan fingerprint density at radius 1 is 1.17 bits per heavy atom. The highest BCUT2D eigenvalue weighted by Gasteiger charge is 2.24. The first-order chi connectivity index (χ1) is 16.7. The molecule has 0 aliphatic carbocycles. The van der Waals surface area contributed by atoms with Gasteiger partial charge in [0.05, 0.1) is 5.70 Å². The van der Waals surface area contributed by atoms with Crippen LogP contribution in [-0.4, -0.2) is 34.6 Å². The zero-order valence-electron chi connectivity index (χ0n) is 23.0. The van der Waals surface area contributed by atoms with Crippen LogP contribution < -0.4 is 5.32 Å². The number of carbonyl (C=O) groups is 1. The standard InChI is InChI=1S/C21H32F2N4.C5H8O.C2H6/c1-6-10-18(20(24-13-7-2)27(14-8-3)15-9-4)26-19-12-11-17(16-25-19)21(5,22)23;1-3-5(6)4-2;1-2/h7,10-13,16H,6,8-9,14-15H2,1-5H3,(H,25,26);3H,1,4H2,2H3;1-2H3/b13-7-,18-10-,24-20+;;. The third-order valence-corrected chi connectivity index (χ3v) is 4.39. The summed E-state index contributed by atoms with van der Waals surface area (Å²) in [6, 6.07) is 2.98. The second kappa shape index (κ2) is 20.5. The molecule has 1 rings (SSSR count). The van der Waals surface area contributed by atoms with Gasteiger partial charge < -0.3 is 10.2 Å². The van der Waals surface area contributed by atoms with Crippen LogP contribution in [-0.2, 0) is 10.7 Å². The molecule has 1 aromatic heterocycles. The van der Waals surface area contributed by atoms with E-state index < -0.39 is 5.92 Å². The third-order valence-electron chi connectivity index (χ3n) is 4.39. The molecule has 1 heterocycles. The van der Waals surface area contributed by atoms with Gasteiger partial charge in [-0.3, -0.25) is 4.79 Å². The number of amidine groups is 1. The van der Waals surface area contributed by atoms with E-state index in [2.05, 4.69) is 40.6 Å². The molecule has 0 aliphatic rings. The molecule has 0 atom stereocenters. The van der Waals surface area contributed by atoms with Crippen molar-refractivity contribution in [3.8, 4) is 0 Å². The fourth-order valence-electron chi connectivity index (χ4n) is 2.74. The van der Waals surface area contributed by atoms with Crippen LogP contribution in [0, 0.1) is 0 Å². The van der Waals surface area contributed by atoms with E-state index in [1.54, 1.807) is 12.3 Å². The maximum absolute atomic E-state index is 13.4. The van der Waals surface area contributed by atoms with Crippen molar-refractivity contribution in [2.24, 2.45) is 4.99 Å². The topological polar surface area (TPSA) is 57.6 Å². The summed E-state index contributed by atoms with van der Waals surface area (Å²) in [5.74, 6) is -1.44. The number of hydrogen-bond donors (Lipinski definition) is 1. The lowest BCUT2D eigenvalue weighted by molar-refractivity contribution is -0.114. The number of alkyl halides is 2. The number of hydrogen-bond acceptors (Lipinski definition) is 4.